The molecular formula is C9H13N2O2+. The summed E-state index contributed by atoms with van der Waals surface area (Å²) in [6, 6.07) is 0.521. The number of rotatable bonds is 3. The molecule has 4 nitrogen and oxygen atoms in total. The maximum absolute atomic E-state index is 10.7. The molecule has 0 spiro atoms. The smallest absolute Gasteiger partial charge is 0.357 e. The second-order valence-corrected chi connectivity index (χ2v) is 2.73. The van der Waals surface area contributed by atoms with Crippen LogP contribution in [0.2, 0.25) is 0 Å². The third-order valence-corrected chi connectivity index (χ3v) is 1.58. The second kappa shape index (κ2) is 3.89. The first-order valence-corrected chi connectivity index (χ1v) is 3.99. The summed E-state index contributed by atoms with van der Waals surface area (Å²) in [7, 11) is 1.82. The molecule has 0 aliphatic carbocycles. The standard InChI is InChI=1S/C9H13N2O2/c1-4-5-11-7-6-10(3)9(11)13-8(2)12/h4,6-7H,1,5H2,2-3H3/q+1. The van der Waals surface area contributed by atoms with E-state index in [1.165, 1.54) is 6.92 Å². The van der Waals surface area contributed by atoms with Gasteiger partial charge in [-0.15, -0.1) is 0 Å². The van der Waals surface area contributed by atoms with E-state index in [2.05, 4.69) is 6.58 Å². The number of hydrogen-bond donors (Lipinski definition) is 0. The quantitative estimate of drug-likeness (QED) is 0.385. The molecule has 13 heavy (non-hydrogen) atoms. The number of nitrogens with zero attached hydrogens (tertiary/aromatic N) is 2. The highest BCUT2D eigenvalue weighted by Gasteiger charge is 2.16. The molecule has 70 valence electrons. The average molecular weight is 181 g/mol. The summed E-state index contributed by atoms with van der Waals surface area (Å²) in [4.78, 5) is 10.7. The molecular weight excluding hydrogens is 168 g/mol. The Labute approximate surface area is 77.1 Å². The third-order valence-electron chi connectivity index (χ3n) is 1.58. The van der Waals surface area contributed by atoms with Crippen molar-refractivity contribution in [3.8, 4) is 6.01 Å². The van der Waals surface area contributed by atoms with Gasteiger partial charge in [-0.3, -0.25) is 4.79 Å². The fourth-order valence-electron chi connectivity index (χ4n) is 1.05. The van der Waals surface area contributed by atoms with Crippen LogP contribution in [-0.2, 0) is 18.4 Å². The Morgan fingerprint density at radius 1 is 1.85 bits per heavy atom. The Kier molecular flexibility index (Phi) is 2.84. The Balaban J connectivity index is 2.93. The van der Waals surface area contributed by atoms with E-state index in [1.54, 1.807) is 15.2 Å². The molecule has 1 aromatic heterocycles. The van der Waals surface area contributed by atoms with Gasteiger partial charge in [0.2, 0.25) is 0 Å². The Morgan fingerprint density at radius 3 is 3.08 bits per heavy atom. The molecule has 0 aliphatic rings. The highest BCUT2D eigenvalue weighted by Crippen LogP contribution is 2.04. The van der Waals surface area contributed by atoms with Crippen molar-refractivity contribution in [2.75, 3.05) is 0 Å². The lowest BCUT2D eigenvalue weighted by molar-refractivity contribution is -0.675. The minimum Gasteiger partial charge on any atom is -0.357 e. The van der Waals surface area contributed by atoms with Crippen LogP contribution in [0.15, 0.2) is 25.0 Å². The van der Waals surface area contributed by atoms with Crippen molar-refractivity contribution in [1.29, 1.82) is 0 Å². The predicted molar refractivity (Wildman–Crippen MR) is 47.1 cm³/mol. The van der Waals surface area contributed by atoms with Gasteiger partial charge in [-0.2, -0.15) is 9.13 Å². The molecule has 0 saturated heterocycles. The Hall–Kier alpha value is -1.58. The first-order valence-electron chi connectivity index (χ1n) is 3.99. The molecule has 0 radical (unpaired) electrons. The molecule has 0 N–H and O–H groups in total. The lowest BCUT2D eigenvalue weighted by Gasteiger charge is -1.97. The number of ether oxygens (including phenoxy) is 1. The van der Waals surface area contributed by atoms with E-state index < -0.39 is 0 Å². The summed E-state index contributed by atoms with van der Waals surface area (Å²) in [5.41, 5.74) is 0. The predicted octanol–water partition coefficient (Wildman–Crippen LogP) is 0.424. The molecule has 4 heteroatoms. The van der Waals surface area contributed by atoms with Crippen LogP contribution in [0, 0.1) is 0 Å². The van der Waals surface area contributed by atoms with E-state index in [0.717, 1.165) is 0 Å². The van der Waals surface area contributed by atoms with Gasteiger partial charge in [0.05, 0.1) is 7.05 Å². The number of aromatic nitrogens is 2. The van der Waals surface area contributed by atoms with Gasteiger partial charge in [-0.1, -0.05) is 12.7 Å². The van der Waals surface area contributed by atoms with Crippen LogP contribution < -0.4 is 9.30 Å². The number of imidazole rings is 1. The third kappa shape index (κ3) is 2.18. The van der Waals surface area contributed by atoms with Crippen molar-refractivity contribution in [1.82, 2.24) is 4.57 Å². The molecule has 0 fully saturated rings. The second-order valence-electron chi connectivity index (χ2n) is 2.73. The highest BCUT2D eigenvalue weighted by molar-refractivity contribution is 5.68. The normalized spacial score (nSPS) is 9.69. The number of carbonyl (C=O) groups is 1. The van der Waals surface area contributed by atoms with Gasteiger partial charge >= 0.3 is 12.0 Å². The number of esters is 1. The molecule has 0 bridgehead atoms. The zero-order valence-electron chi connectivity index (χ0n) is 7.86. The van der Waals surface area contributed by atoms with Crippen LogP contribution in [0.5, 0.6) is 6.01 Å². The van der Waals surface area contributed by atoms with Crippen LogP contribution >= 0.6 is 0 Å². The van der Waals surface area contributed by atoms with Crippen molar-refractivity contribution >= 4 is 5.97 Å². The molecule has 0 amide bonds. The van der Waals surface area contributed by atoms with Gasteiger partial charge in [-0.25, -0.2) is 0 Å². The highest BCUT2D eigenvalue weighted by atomic mass is 16.5. The monoisotopic (exact) mass is 181 g/mol. The zero-order valence-corrected chi connectivity index (χ0v) is 7.86. The van der Waals surface area contributed by atoms with Crippen LogP contribution in [0.3, 0.4) is 0 Å². The van der Waals surface area contributed by atoms with Crippen LogP contribution in [0.4, 0.5) is 0 Å². The van der Waals surface area contributed by atoms with Gasteiger partial charge in [0.1, 0.15) is 18.9 Å². The zero-order chi connectivity index (χ0) is 9.84. The minimum atomic E-state index is -0.320. The van der Waals surface area contributed by atoms with E-state index in [4.69, 9.17) is 4.74 Å². The van der Waals surface area contributed by atoms with E-state index in [0.29, 0.717) is 12.6 Å². The lowest BCUT2D eigenvalue weighted by atomic mass is 10.6. The van der Waals surface area contributed by atoms with E-state index in [1.807, 2.05) is 19.4 Å². The van der Waals surface area contributed by atoms with Crippen molar-refractivity contribution < 1.29 is 14.1 Å². The summed E-state index contributed by atoms with van der Waals surface area (Å²) in [6.07, 6.45) is 5.40. The molecule has 0 aromatic carbocycles. The van der Waals surface area contributed by atoms with Gasteiger partial charge < -0.3 is 4.74 Å². The van der Waals surface area contributed by atoms with Gasteiger partial charge in [0, 0.05) is 6.92 Å². The fraction of sp³-hybridized carbons (Fsp3) is 0.333. The molecule has 1 heterocycles. The average Bonchev–Trinajstić information content (AvgIpc) is 2.36. The Bertz CT molecular complexity index is 328. The van der Waals surface area contributed by atoms with Crippen molar-refractivity contribution in [2.45, 2.75) is 13.5 Å². The first-order chi connectivity index (χ1) is 6.15. The number of hydrogen-bond acceptors (Lipinski definition) is 2. The summed E-state index contributed by atoms with van der Waals surface area (Å²) in [6.45, 7) is 5.62. The van der Waals surface area contributed by atoms with E-state index in [9.17, 15) is 4.79 Å². The maximum Gasteiger partial charge on any atom is 0.464 e. The van der Waals surface area contributed by atoms with Crippen molar-refractivity contribution in [3.63, 3.8) is 0 Å². The maximum atomic E-state index is 10.7. The summed E-state index contributed by atoms with van der Waals surface area (Å²) in [5, 5.41) is 0. The van der Waals surface area contributed by atoms with Gasteiger partial charge in [0.15, 0.2) is 0 Å². The molecule has 0 unspecified atom stereocenters. The molecule has 1 aromatic rings. The number of aryl methyl sites for hydroxylation is 1. The van der Waals surface area contributed by atoms with Crippen LogP contribution in [0.1, 0.15) is 6.92 Å². The summed E-state index contributed by atoms with van der Waals surface area (Å²) >= 11 is 0. The molecule has 0 saturated carbocycles. The van der Waals surface area contributed by atoms with E-state index >= 15 is 0 Å². The van der Waals surface area contributed by atoms with Crippen LogP contribution in [0.25, 0.3) is 0 Å². The lowest BCUT2D eigenvalue weighted by Crippen LogP contribution is -2.30. The SMILES string of the molecule is C=CCn1cc[n+](C)c1OC(C)=O. The largest absolute Gasteiger partial charge is 0.464 e. The Morgan fingerprint density at radius 2 is 2.54 bits per heavy atom. The summed E-state index contributed by atoms with van der Waals surface area (Å²) in [5.74, 6) is -0.320. The van der Waals surface area contributed by atoms with Crippen molar-refractivity contribution in [3.05, 3.63) is 25.0 Å². The molecule has 0 atom stereocenters. The topological polar surface area (TPSA) is 35.1 Å². The van der Waals surface area contributed by atoms with Gasteiger partial charge in [-0.05, 0) is 0 Å². The summed E-state index contributed by atoms with van der Waals surface area (Å²) < 4.78 is 8.55. The number of allylic oxidation sites excluding steroid dienone is 1. The van der Waals surface area contributed by atoms with Crippen LogP contribution in [-0.4, -0.2) is 10.5 Å². The minimum absolute atomic E-state index is 0.320. The van der Waals surface area contributed by atoms with Gasteiger partial charge in [0.25, 0.3) is 0 Å². The molecule has 1 rings (SSSR count). The fourth-order valence-corrected chi connectivity index (χ4v) is 1.05. The number of carbonyl (C=O) groups excluding carboxylic acids is 1. The van der Waals surface area contributed by atoms with E-state index in [-0.39, 0.29) is 5.97 Å². The molecule has 0 aliphatic heterocycles. The first kappa shape index (κ1) is 9.51. The van der Waals surface area contributed by atoms with Crippen molar-refractivity contribution in [2.24, 2.45) is 7.05 Å².